The molecule has 0 heterocycles. The van der Waals surface area contributed by atoms with Gasteiger partial charge in [-0.3, -0.25) is 4.79 Å². The first-order valence-electron chi connectivity index (χ1n) is 5.92. The average Bonchev–Trinajstić information content (AvgIpc) is 2.27. The maximum absolute atomic E-state index is 12.2. The summed E-state index contributed by atoms with van der Waals surface area (Å²) < 4.78 is 5.12. The molecule has 1 atom stereocenters. The fraction of sp³-hybridized carbons (Fsp3) is 0.500. The summed E-state index contributed by atoms with van der Waals surface area (Å²) in [4.78, 5) is 12.2. The lowest BCUT2D eigenvalue weighted by Gasteiger charge is -2.28. The molecule has 1 unspecified atom stereocenters. The fourth-order valence-corrected chi connectivity index (χ4v) is 2.14. The topological polar surface area (TPSA) is 38.3 Å². The van der Waals surface area contributed by atoms with Gasteiger partial charge in [-0.05, 0) is 32.9 Å². The lowest BCUT2D eigenvalue weighted by Crippen LogP contribution is -2.50. The van der Waals surface area contributed by atoms with Gasteiger partial charge >= 0.3 is 0 Å². The van der Waals surface area contributed by atoms with Gasteiger partial charge in [-0.25, -0.2) is 0 Å². The van der Waals surface area contributed by atoms with Crippen LogP contribution >= 0.6 is 11.6 Å². The third kappa shape index (κ3) is 4.41. The predicted molar refractivity (Wildman–Crippen MR) is 74.3 cm³/mol. The van der Waals surface area contributed by atoms with Crippen LogP contribution in [0.15, 0.2) is 24.3 Å². The molecule has 0 aliphatic rings. The molecule has 0 bridgehead atoms. The molecule has 0 saturated carbocycles. The van der Waals surface area contributed by atoms with E-state index in [1.54, 1.807) is 31.4 Å². The molecular formula is C14H20ClNO2. The van der Waals surface area contributed by atoms with E-state index in [0.717, 1.165) is 0 Å². The number of hydrogen-bond acceptors (Lipinski definition) is 3. The minimum Gasteiger partial charge on any atom is -0.383 e. The van der Waals surface area contributed by atoms with E-state index < -0.39 is 0 Å². The number of Topliss-reactive ketones (excluding diaryl/α,β-unsaturated/α-hetero) is 1. The highest BCUT2D eigenvalue weighted by Gasteiger charge is 2.24. The van der Waals surface area contributed by atoms with Gasteiger partial charge in [0.2, 0.25) is 0 Å². The molecule has 0 aromatic heterocycles. The number of ether oxygens (including phenoxy) is 1. The quantitative estimate of drug-likeness (QED) is 0.807. The SMILES string of the molecule is COCC(C)(C)NC(C)C(=O)c1cccc(Cl)c1. The van der Waals surface area contributed by atoms with Gasteiger partial charge in [0, 0.05) is 23.2 Å². The van der Waals surface area contributed by atoms with Gasteiger partial charge in [-0.2, -0.15) is 0 Å². The second-order valence-electron chi connectivity index (χ2n) is 5.06. The van der Waals surface area contributed by atoms with Gasteiger partial charge < -0.3 is 10.1 Å². The molecule has 4 heteroatoms. The zero-order valence-electron chi connectivity index (χ0n) is 11.3. The van der Waals surface area contributed by atoms with E-state index in [9.17, 15) is 4.79 Å². The Bertz CT molecular complexity index is 418. The van der Waals surface area contributed by atoms with Gasteiger partial charge in [-0.1, -0.05) is 23.7 Å². The summed E-state index contributed by atoms with van der Waals surface area (Å²) in [6.45, 7) is 6.39. The molecule has 0 aliphatic heterocycles. The van der Waals surface area contributed by atoms with Crippen molar-refractivity contribution in [3.05, 3.63) is 34.9 Å². The summed E-state index contributed by atoms with van der Waals surface area (Å²) >= 11 is 5.88. The number of carbonyl (C=O) groups excluding carboxylic acids is 1. The van der Waals surface area contributed by atoms with Gasteiger partial charge in [0.05, 0.1) is 12.6 Å². The Morgan fingerprint density at radius 1 is 1.50 bits per heavy atom. The van der Waals surface area contributed by atoms with Gasteiger partial charge in [0.25, 0.3) is 0 Å². The highest BCUT2D eigenvalue weighted by atomic mass is 35.5. The summed E-state index contributed by atoms with van der Waals surface area (Å²) in [5.74, 6) is 0.0293. The zero-order valence-corrected chi connectivity index (χ0v) is 12.0. The Kier molecular flexibility index (Phi) is 5.32. The van der Waals surface area contributed by atoms with Crippen LogP contribution in [-0.2, 0) is 4.74 Å². The Labute approximate surface area is 113 Å². The van der Waals surface area contributed by atoms with E-state index in [4.69, 9.17) is 16.3 Å². The molecule has 3 nitrogen and oxygen atoms in total. The number of methoxy groups -OCH3 is 1. The minimum absolute atomic E-state index is 0.0293. The molecule has 0 saturated heterocycles. The van der Waals surface area contributed by atoms with Crippen LogP contribution in [0.25, 0.3) is 0 Å². The van der Waals surface area contributed by atoms with Gasteiger partial charge in [0.15, 0.2) is 5.78 Å². The van der Waals surface area contributed by atoms with Crippen molar-refractivity contribution in [2.24, 2.45) is 0 Å². The van der Waals surface area contributed by atoms with Crippen LogP contribution in [0.3, 0.4) is 0 Å². The molecule has 1 aromatic carbocycles. The van der Waals surface area contributed by atoms with Crippen LogP contribution in [-0.4, -0.2) is 31.1 Å². The van der Waals surface area contributed by atoms with E-state index in [0.29, 0.717) is 17.2 Å². The third-order valence-electron chi connectivity index (χ3n) is 2.61. The summed E-state index contributed by atoms with van der Waals surface area (Å²) in [7, 11) is 1.65. The number of hydrogen-bond donors (Lipinski definition) is 1. The maximum Gasteiger partial charge on any atom is 0.179 e. The first-order chi connectivity index (χ1) is 8.35. The largest absolute Gasteiger partial charge is 0.383 e. The van der Waals surface area contributed by atoms with E-state index in [1.165, 1.54) is 0 Å². The Morgan fingerprint density at radius 3 is 2.72 bits per heavy atom. The summed E-state index contributed by atoms with van der Waals surface area (Å²) in [6.07, 6.45) is 0. The van der Waals surface area contributed by atoms with Crippen molar-refractivity contribution < 1.29 is 9.53 Å². The third-order valence-corrected chi connectivity index (χ3v) is 2.85. The zero-order chi connectivity index (χ0) is 13.8. The van der Waals surface area contributed by atoms with Crippen molar-refractivity contribution in [1.29, 1.82) is 0 Å². The molecule has 0 amide bonds. The van der Waals surface area contributed by atoms with Gasteiger partial charge in [0.1, 0.15) is 0 Å². The second-order valence-corrected chi connectivity index (χ2v) is 5.49. The summed E-state index contributed by atoms with van der Waals surface area (Å²) in [6, 6.07) is 6.71. The summed E-state index contributed by atoms with van der Waals surface area (Å²) in [5, 5.41) is 3.83. The van der Waals surface area contributed by atoms with Crippen molar-refractivity contribution in [2.75, 3.05) is 13.7 Å². The second kappa shape index (κ2) is 6.32. The fourth-order valence-electron chi connectivity index (χ4n) is 1.95. The van der Waals surface area contributed by atoms with Crippen molar-refractivity contribution in [1.82, 2.24) is 5.32 Å². The number of carbonyl (C=O) groups is 1. The number of halogens is 1. The molecule has 1 N–H and O–H groups in total. The molecule has 0 radical (unpaired) electrons. The molecular weight excluding hydrogens is 250 g/mol. The van der Waals surface area contributed by atoms with Crippen LogP contribution in [0, 0.1) is 0 Å². The van der Waals surface area contributed by atoms with E-state index in [1.807, 2.05) is 20.8 Å². The molecule has 18 heavy (non-hydrogen) atoms. The first kappa shape index (κ1) is 15.2. The van der Waals surface area contributed by atoms with Crippen molar-refractivity contribution >= 4 is 17.4 Å². The lowest BCUT2D eigenvalue weighted by atomic mass is 10.0. The van der Waals surface area contributed by atoms with E-state index in [-0.39, 0.29) is 17.4 Å². The molecule has 0 spiro atoms. The Hall–Kier alpha value is -0.900. The Balaban J connectivity index is 2.73. The van der Waals surface area contributed by atoms with Crippen molar-refractivity contribution in [3.63, 3.8) is 0 Å². The molecule has 0 aliphatic carbocycles. The van der Waals surface area contributed by atoms with Crippen molar-refractivity contribution in [2.45, 2.75) is 32.4 Å². The predicted octanol–water partition coefficient (Wildman–Crippen LogP) is 2.93. The standard InChI is InChI=1S/C14H20ClNO2/c1-10(16-14(2,3)9-18-4)13(17)11-6-5-7-12(15)8-11/h5-8,10,16H,9H2,1-4H3. The van der Waals surface area contributed by atoms with Gasteiger partial charge in [-0.15, -0.1) is 0 Å². The number of benzene rings is 1. The number of ketones is 1. The summed E-state index contributed by atoms with van der Waals surface area (Å²) in [5.41, 5.74) is 0.373. The van der Waals surface area contributed by atoms with Crippen LogP contribution in [0.5, 0.6) is 0 Å². The number of nitrogens with one attached hydrogen (secondary N) is 1. The van der Waals surface area contributed by atoms with E-state index in [2.05, 4.69) is 5.32 Å². The first-order valence-corrected chi connectivity index (χ1v) is 6.30. The number of rotatable bonds is 6. The lowest BCUT2D eigenvalue weighted by molar-refractivity contribution is 0.0875. The van der Waals surface area contributed by atoms with Crippen LogP contribution in [0.2, 0.25) is 5.02 Å². The smallest absolute Gasteiger partial charge is 0.179 e. The molecule has 0 fully saturated rings. The maximum atomic E-state index is 12.2. The molecule has 1 rings (SSSR count). The normalized spacial score (nSPS) is 13.4. The monoisotopic (exact) mass is 269 g/mol. The van der Waals surface area contributed by atoms with Crippen molar-refractivity contribution in [3.8, 4) is 0 Å². The van der Waals surface area contributed by atoms with Crippen LogP contribution in [0.1, 0.15) is 31.1 Å². The molecule has 1 aromatic rings. The average molecular weight is 270 g/mol. The molecule has 100 valence electrons. The van der Waals surface area contributed by atoms with Crippen LogP contribution < -0.4 is 5.32 Å². The Morgan fingerprint density at radius 2 is 2.17 bits per heavy atom. The highest BCUT2D eigenvalue weighted by molar-refractivity contribution is 6.31. The highest BCUT2D eigenvalue weighted by Crippen LogP contribution is 2.14. The van der Waals surface area contributed by atoms with E-state index >= 15 is 0 Å². The minimum atomic E-state index is -0.284. The van der Waals surface area contributed by atoms with Crippen LogP contribution in [0.4, 0.5) is 0 Å².